The lowest BCUT2D eigenvalue weighted by Gasteiger charge is -2.33. The molecule has 0 saturated heterocycles. The highest BCUT2D eigenvalue weighted by Gasteiger charge is 2.35. The molecule has 1 aromatic carbocycles. The van der Waals surface area contributed by atoms with Crippen molar-refractivity contribution in [1.29, 1.82) is 0 Å². The normalized spacial score (nSPS) is 15.1. The van der Waals surface area contributed by atoms with Gasteiger partial charge in [0.15, 0.2) is 0 Å². The van der Waals surface area contributed by atoms with Crippen LogP contribution in [0.2, 0.25) is 0 Å². The summed E-state index contributed by atoms with van der Waals surface area (Å²) in [5, 5.41) is 7.23. The van der Waals surface area contributed by atoms with Gasteiger partial charge in [0.25, 0.3) is 0 Å². The largest absolute Gasteiger partial charge is 0.497 e. The van der Waals surface area contributed by atoms with Crippen molar-refractivity contribution in [3.8, 4) is 5.75 Å². The van der Waals surface area contributed by atoms with E-state index in [0.717, 1.165) is 41.0 Å². The minimum absolute atomic E-state index is 0.0980. The Bertz CT molecular complexity index is 1050. The molecule has 2 amide bonds. The molecule has 3 aromatic rings. The molecule has 1 aliphatic rings. The van der Waals surface area contributed by atoms with E-state index in [4.69, 9.17) is 4.74 Å². The van der Waals surface area contributed by atoms with E-state index in [2.05, 4.69) is 5.32 Å². The number of amides is 2. The van der Waals surface area contributed by atoms with Gasteiger partial charge >= 0.3 is 0 Å². The predicted octanol–water partition coefficient (Wildman–Crippen LogP) is 5.89. The van der Waals surface area contributed by atoms with Gasteiger partial charge in [-0.25, -0.2) is 0 Å². The Morgan fingerprint density at radius 3 is 2.42 bits per heavy atom. The summed E-state index contributed by atoms with van der Waals surface area (Å²) in [6.07, 6.45) is 5.72. The fraction of sp³-hybridized carbons (Fsp3) is 0.385. The number of hydrogen-bond donors (Lipinski definition) is 1. The fourth-order valence-corrected chi connectivity index (χ4v) is 6.08. The number of rotatable bonds is 8. The maximum Gasteiger partial charge on any atom is 0.248 e. The average molecular weight is 483 g/mol. The third kappa shape index (κ3) is 5.65. The summed E-state index contributed by atoms with van der Waals surface area (Å²) in [4.78, 5) is 31.1. The smallest absolute Gasteiger partial charge is 0.248 e. The van der Waals surface area contributed by atoms with Crippen molar-refractivity contribution in [2.75, 3.05) is 12.0 Å². The van der Waals surface area contributed by atoms with Gasteiger partial charge in [-0.2, -0.15) is 0 Å². The summed E-state index contributed by atoms with van der Waals surface area (Å²) < 4.78 is 5.32. The zero-order chi connectivity index (χ0) is 23.2. The van der Waals surface area contributed by atoms with Crippen molar-refractivity contribution >= 4 is 40.2 Å². The second kappa shape index (κ2) is 11.0. The lowest BCUT2D eigenvalue weighted by Crippen LogP contribution is -2.47. The summed E-state index contributed by atoms with van der Waals surface area (Å²) >= 11 is 3.08. The topological polar surface area (TPSA) is 58.6 Å². The maximum atomic E-state index is 13.8. The van der Waals surface area contributed by atoms with E-state index in [1.54, 1.807) is 23.3 Å². The number of carbonyl (C=O) groups is 2. The molecule has 0 bridgehead atoms. The number of aryl methyl sites for hydroxylation is 1. The zero-order valence-corrected chi connectivity index (χ0v) is 20.7. The molecule has 1 saturated carbocycles. The number of thiophene rings is 2. The SMILES string of the molecule is COc1ccc(N(C(=O)Cc2cccs2)C(C(=O)NC2CCCCC2)c2sccc2C)cc1. The monoisotopic (exact) mass is 482 g/mol. The van der Waals surface area contributed by atoms with Gasteiger partial charge in [0.2, 0.25) is 11.8 Å². The maximum absolute atomic E-state index is 13.8. The quantitative estimate of drug-likeness (QED) is 0.435. The fourth-order valence-electron chi connectivity index (χ4n) is 4.37. The molecule has 0 radical (unpaired) electrons. The molecular formula is C26H30N2O3S2. The van der Waals surface area contributed by atoms with Crippen LogP contribution >= 0.6 is 22.7 Å². The van der Waals surface area contributed by atoms with Crippen LogP contribution < -0.4 is 15.0 Å². The first-order valence-corrected chi connectivity index (χ1v) is 13.2. The van der Waals surface area contributed by atoms with Crippen LogP contribution in [0.4, 0.5) is 5.69 Å². The highest BCUT2D eigenvalue weighted by molar-refractivity contribution is 7.10. The first kappa shape index (κ1) is 23.5. The molecule has 33 heavy (non-hydrogen) atoms. The lowest BCUT2D eigenvalue weighted by molar-refractivity contribution is -0.127. The van der Waals surface area contributed by atoms with Gasteiger partial charge in [0, 0.05) is 21.5 Å². The number of ether oxygens (including phenoxy) is 1. The van der Waals surface area contributed by atoms with Gasteiger partial charge in [0.05, 0.1) is 13.5 Å². The minimum atomic E-state index is -0.715. The van der Waals surface area contributed by atoms with Crippen LogP contribution in [0.15, 0.2) is 53.2 Å². The van der Waals surface area contributed by atoms with Gasteiger partial charge in [-0.3, -0.25) is 14.5 Å². The first-order chi connectivity index (χ1) is 16.1. The van der Waals surface area contributed by atoms with E-state index in [1.807, 2.05) is 60.1 Å². The number of nitrogens with one attached hydrogen (secondary N) is 1. The summed E-state index contributed by atoms with van der Waals surface area (Å²) in [7, 11) is 1.62. The van der Waals surface area contributed by atoms with Crippen molar-refractivity contribution in [1.82, 2.24) is 5.32 Å². The third-order valence-electron chi connectivity index (χ3n) is 6.13. The van der Waals surface area contributed by atoms with E-state index in [-0.39, 0.29) is 24.3 Å². The third-order valence-corrected chi connectivity index (χ3v) is 8.08. The van der Waals surface area contributed by atoms with Crippen LogP contribution in [0.1, 0.15) is 53.5 Å². The second-order valence-electron chi connectivity index (χ2n) is 8.43. The van der Waals surface area contributed by atoms with Crippen molar-refractivity contribution in [3.05, 3.63) is 68.5 Å². The number of anilines is 1. The van der Waals surface area contributed by atoms with Crippen molar-refractivity contribution < 1.29 is 14.3 Å². The molecule has 1 fully saturated rings. The summed E-state index contributed by atoms with van der Waals surface area (Å²) in [5.41, 5.74) is 1.71. The van der Waals surface area contributed by atoms with E-state index in [9.17, 15) is 9.59 Å². The Morgan fingerprint density at radius 2 is 1.82 bits per heavy atom. The predicted molar refractivity (Wildman–Crippen MR) is 135 cm³/mol. The van der Waals surface area contributed by atoms with E-state index >= 15 is 0 Å². The Kier molecular flexibility index (Phi) is 7.83. The molecule has 1 unspecified atom stereocenters. The van der Waals surface area contributed by atoms with E-state index in [0.29, 0.717) is 11.4 Å². The van der Waals surface area contributed by atoms with Gasteiger partial charge in [0.1, 0.15) is 11.8 Å². The molecule has 2 aromatic heterocycles. The summed E-state index contributed by atoms with van der Waals surface area (Å²) in [6, 6.07) is 12.7. The van der Waals surface area contributed by atoms with E-state index in [1.165, 1.54) is 17.8 Å². The summed E-state index contributed by atoms with van der Waals surface area (Å²) in [5.74, 6) is 0.502. The molecule has 1 atom stereocenters. The van der Waals surface area contributed by atoms with Crippen LogP contribution in [0.25, 0.3) is 0 Å². The highest BCUT2D eigenvalue weighted by Crippen LogP contribution is 2.35. The van der Waals surface area contributed by atoms with Crippen molar-refractivity contribution in [2.45, 2.75) is 57.5 Å². The molecule has 0 spiro atoms. The lowest BCUT2D eigenvalue weighted by atomic mass is 9.95. The van der Waals surface area contributed by atoms with Gasteiger partial charge in [-0.1, -0.05) is 25.3 Å². The van der Waals surface area contributed by atoms with Gasteiger partial charge < -0.3 is 10.1 Å². The number of methoxy groups -OCH3 is 1. The molecule has 2 heterocycles. The molecule has 7 heteroatoms. The first-order valence-electron chi connectivity index (χ1n) is 11.4. The molecule has 1 N–H and O–H groups in total. The Morgan fingerprint density at radius 1 is 1.06 bits per heavy atom. The van der Waals surface area contributed by atoms with Crippen LogP contribution in [-0.4, -0.2) is 25.0 Å². The van der Waals surface area contributed by atoms with Crippen molar-refractivity contribution in [2.24, 2.45) is 0 Å². The van der Waals surface area contributed by atoms with Crippen LogP contribution in [-0.2, 0) is 16.0 Å². The van der Waals surface area contributed by atoms with Crippen molar-refractivity contribution in [3.63, 3.8) is 0 Å². The Hall–Kier alpha value is -2.64. The minimum Gasteiger partial charge on any atom is -0.497 e. The molecule has 1 aliphatic carbocycles. The molecule has 4 rings (SSSR count). The Labute approximate surface area is 203 Å². The molecular weight excluding hydrogens is 452 g/mol. The highest BCUT2D eigenvalue weighted by atomic mass is 32.1. The number of nitrogens with zero attached hydrogens (tertiary/aromatic N) is 1. The molecule has 5 nitrogen and oxygen atoms in total. The molecule has 174 valence electrons. The molecule has 0 aliphatic heterocycles. The number of carbonyl (C=O) groups excluding carboxylic acids is 2. The summed E-state index contributed by atoms with van der Waals surface area (Å²) in [6.45, 7) is 2.00. The van der Waals surface area contributed by atoms with Crippen LogP contribution in [0.5, 0.6) is 5.75 Å². The average Bonchev–Trinajstić information content (AvgIpc) is 3.49. The second-order valence-corrected chi connectivity index (χ2v) is 10.4. The van der Waals surface area contributed by atoms with Gasteiger partial charge in [-0.15, -0.1) is 22.7 Å². The van der Waals surface area contributed by atoms with Crippen LogP contribution in [0, 0.1) is 6.92 Å². The number of hydrogen-bond acceptors (Lipinski definition) is 5. The zero-order valence-electron chi connectivity index (χ0n) is 19.1. The standard InChI is InChI=1S/C26H30N2O3S2/c1-18-14-16-33-25(18)24(26(30)27-19-7-4-3-5-8-19)28(20-10-12-21(31-2)13-11-20)23(29)17-22-9-6-15-32-22/h6,9-16,19,24H,3-5,7-8,17H2,1-2H3,(H,27,30). The number of benzene rings is 1. The van der Waals surface area contributed by atoms with Gasteiger partial charge in [-0.05, 0) is 72.5 Å². The van der Waals surface area contributed by atoms with E-state index < -0.39 is 6.04 Å². The van der Waals surface area contributed by atoms with Crippen LogP contribution in [0.3, 0.4) is 0 Å². The Balaban J connectivity index is 1.73.